The molecule has 2 aromatic carbocycles. The van der Waals surface area contributed by atoms with Crippen molar-refractivity contribution < 1.29 is 8.42 Å². The highest BCUT2D eigenvalue weighted by molar-refractivity contribution is 7.91. The standard InChI is InChI=1S/C20H21NO2S/c1-4-16-11-8-12-18-14(2)13-19(21-20(16)18)24(22,23)15(3)17-9-6-5-7-10-17/h5-13,15H,4H2,1-3H3. The molecule has 0 fully saturated rings. The molecule has 4 heteroatoms. The molecule has 0 amide bonds. The molecule has 3 rings (SSSR count). The summed E-state index contributed by atoms with van der Waals surface area (Å²) < 4.78 is 26.1. The second kappa shape index (κ2) is 6.36. The van der Waals surface area contributed by atoms with Crippen LogP contribution in [0.2, 0.25) is 0 Å². The Bertz CT molecular complexity index is 979. The Kier molecular flexibility index (Phi) is 4.41. The van der Waals surface area contributed by atoms with Crippen molar-refractivity contribution in [1.29, 1.82) is 0 Å². The zero-order valence-corrected chi connectivity index (χ0v) is 15.0. The zero-order chi connectivity index (χ0) is 17.3. The molecular weight excluding hydrogens is 318 g/mol. The number of hydrogen-bond donors (Lipinski definition) is 0. The van der Waals surface area contributed by atoms with E-state index in [4.69, 9.17) is 0 Å². The van der Waals surface area contributed by atoms with Crippen LogP contribution in [0.15, 0.2) is 59.6 Å². The van der Waals surface area contributed by atoms with Gasteiger partial charge in [0.1, 0.15) is 0 Å². The number of aryl methyl sites for hydroxylation is 2. The smallest absolute Gasteiger partial charge is 0.202 e. The lowest BCUT2D eigenvalue weighted by Crippen LogP contribution is -2.13. The molecule has 0 N–H and O–H groups in total. The van der Waals surface area contributed by atoms with E-state index in [1.54, 1.807) is 13.0 Å². The average molecular weight is 339 g/mol. The van der Waals surface area contributed by atoms with E-state index in [1.165, 1.54) is 0 Å². The number of para-hydroxylation sites is 1. The summed E-state index contributed by atoms with van der Waals surface area (Å²) in [6, 6.07) is 17.0. The van der Waals surface area contributed by atoms with Gasteiger partial charge in [-0.3, -0.25) is 0 Å². The van der Waals surface area contributed by atoms with Gasteiger partial charge in [-0.05, 0) is 43.0 Å². The van der Waals surface area contributed by atoms with Gasteiger partial charge in [-0.1, -0.05) is 55.5 Å². The van der Waals surface area contributed by atoms with E-state index in [0.29, 0.717) is 0 Å². The van der Waals surface area contributed by atoms with Crippen LogP contribution in [0.1, 0.15) is 35.8 Å². The van der Waals surface area contributed by atoms with E-state index in [1.807, 2.05) is 55.5 Å². The van der Waals surface area contributed by atoms with Gasteiger partial charge < -0.3 is 0 Å². The molecule has 1 aromatic heterocycles. The first-order valence-electron chi connectivity index (χ1n) is 8.13. The average Bonchev–Trinajstić information content (AvgIpc) is 2.61. The predicted molar refractivity (Wildman–Crippen MR) is 97.9 cm³/mol. The second-order valence-corrected chi connectivity index (χ2v) is 8.26. The molecule has 1 heterocycles. The van der Waals surface area contributed by atoms with Crippen LogP contribution in [0.25, 0.3) is 10.9 Å². The maximum absolute atomic E-state index is 13.1. The van der Waals surface area contributed by atoms with Crippen LogP contribution in [0, 0.1) is 6.92 Å². The fourth-order valence-corrected chi connectivity index (χ4v) is 4.40. The summed E-state index contributed by atoms with van der Waals surface area (Å²) in [5.41, 5.74) is 3.58. The summed E-state index contributed by atoms with van der Waals surface area (Å²) in [5, 5.41) is 0.544. The molecule has 0 saturated carbocycles. The lowest BCUT2D eigenvalue weighted by molar-refractivity contribution is 0.582. The number of fused-ring (bicyclic) bond motifs is 1. The molecule has 0 aliphatic carbocycles. The third-order valence-electron chi connectivity index (χ3n) is 4.51. The summed E-state index contributed by atoms with van der Waals surface area (Å²) >= 11 is 0. The Morgan fingerprint density at radius 2 is 1.75 bits per heavy atom. The van der Waals surface area contributed by atoms with E-state index >= 15 is 0 Å². The first-order chi connectivity index (χ1) is 11.4. The van der Waals surface area contributed by atoms with Crippen molar-refractivity contribution in [3.05, 3.63) is 71.3 Å². The molecule has 0 saturated heterocycles. The summed E-state index contributed by atoms with van der Waals surface area (Å²) in [6.45, 7) is 5.72. The molecule has 1 unspecified atom stereocenters. The number of hydrogen-bond acceptors (Lipinski definition) is 3. The number of aromatic nitrogens is 1. The van der Waals surface area contributed by atoms with Gasteiger partial charge in [-0.25, -0.2) is 13.4 Å². The summed E-state index contributed by atoms with van der Waals surface area (Å²) in [4.78, 5) is 4.54. The molecular formula is C20H21NO2S. The van der Waals surface area contributed by atoms with Crippen LogP contribution >= 0.6 is 0 Å². The molecule has 0 aliphatic heterocycles. The van der Waals surface area contributed by atoms with Gasteiger partial charge in [0.05, 0.1) is 10.8 Å². The van der Waals surface area contributed by atoms with Crippen LogP contribution in [-0.4, -0.2) is 13.4 Å². The Morgan fingerprint density at radius 1 is 1.04 bits per heavy atom. The molecule has 3 aromatic rings. The van der Waals surface area contributed by atoms with Crippen LogP contribution in [-0.2, 0) is 16.3 Å². The van der Waals surface area contributed by atoms with Gasteiger partial charge in [-0.15, -0.1) is 0 Å². The van der Waals surface area contributed by atoms with Gasteiger partial charge in [0.2, 0.25) is 9.84 Å². The van der Waals surface area contributed by atoms with Crippen molar-refractivity contribution in [3.63, 3.8) is 0 Å². The zero-order valence-electron chi connectivity index (χ0n) is 14.2. The third-order valence-corrected chi connectivity index (χ3v) is 6.51. The minimum Gasteiger partial charge on any atom is -0.236 e. The number of rotatable bonds is 4. The lowest BCUT2D eigenvalue weighted by Gasteiger charge is -2.15. The monoisotopic (exact) mass is 339 g/mol. The van der Waals surface area contributed by atoms with Crippen molar-refractivity contribution in [2.75, 3.05) is 0 Å². The number of pyridine rings is 1. The van der Waals surface area contributed by atoms with E-state index in [0.717, 1.165) is 34.0 Å². The Hall–Kier alpha value is -2.20. The maximum Gasteiger partial charge on any atom is 0.202 e. The summed E-state index contributed by atoms with van der Waals surface area (Å²) in [7, 11) is -3.54. The van der Waals surface area contributed by atoms with E-state index in [9.17, 15) is 8.42 Å². The first-order valence-corrected chi connectivity index (χ1v) is 9.68. The van der Waals surface area contributed by atoms with E-state index in [2.05, 4.69) is 11.9 Å². The van der Waals surface area contributed by atoms with Crippen molar-refractivity contribution in [2.45, 2.75) is 37.5 Å². The minimum atomic E-state index is -3.54. The van der Waals surface area contributed by atoms with Crippen molar-refractivity contribution in [1.82, 2.24) is 4.98 Å². The van der Waals surface area contributed by atoms with Crippen LogP contribution < -0.4 is 0 Å². The predicted octanol–water partition coefficient (Wildman–Crippen LogP) is 4.64. The molecule has 0 spiro atoms. The molecule has 0 bridgehead atoms. The second-order valence-electron chi connectivity index (χ2n) is 6.04. The molecule has 1 atom stereocenters. The largest absolute Gasteiger partial charge is 0.236 e. The van der Waals surface area contributed by atoms with Gasteiger partial charge in [-0.2, -0.15) is 0 Å². The number of benzene rings is 2. The maximum atomic E-state index is 13.1. The Labute approximate surface area is 143 Å². The normalized spacial score (nSPS) is 13.1. The third kappa shape index (κ3) is 2.82. The van der Waals surface area contributed by atoms with E-state index in [-0.39, 0.29) is 5.03 Å². The Balaban J connectivity index is 2.18. The van der Waals surface area contributed by atoms with Crippen molar-refractivity contribution in [2.24, 2.45) is 0 Å². The van der Waals surface area contributed by atoms with Crippen LogP contribution in [0.3, 0.4) is 0 Å². The SMILES string of the molecule is CCc1cccc2c(C)cc(S(=O)(=O)C(C)c3ccccc3)nc12. The lowest BCUT2D eigenvalue weighted by atomic mass is 10.0. The van der Waals surface area contributed by atoms with Gasteiger partial charge >= 0.3 is 0 Å². The van der Waals surface area contributed by atoms with Gasteiger partial charge in [0, 0.05) is 5.39 Å². The molecule has 0 radical (unpaired) electrons. The molecule has 0 aliphatic rings. The summed E-state index contributed by atoms with van der Waals surface area (Å²) in [6.07, 6.45) is 0.821. The molecule has 3 nitrogen and oxygen atoms in total. The highest BCUT2D eigenvalue weighted by atomic mass is 32.2. The topological polar surface area (TPSA) is 47.0 Å². The fourth-order valence-electron chi connectivity index (χ4n) is 2.96. The highest BCUT2D eigenvalue weighted by Crippen LogP contribution is 2.30. The number of nitrogens with zero attached hydrogens (tertiary/aromatic N) is 1. The highest BCUT2D eigenvalue weighted by Gasteiger charge is 2.27. The van der Waals surface area contributed by atoms with Crippen molar-refractivity contribution in [3.8, 4) is 0 Å². The van der Waals surface area contributed by atoms with Crippen LogP contribution in [0.5, 0.6) is 0 Å². The fraction of sp³-hybridized carbons (Fsp3) is 0.250. The van der Waals surface area contributed by atoms with Crippen LogP contribution in [0.4, 0.5) is 0 Å². The van der Waals surface area contributed by atoms with Gasteiger partial charge in [0.15, 0.2) is 5.03 Å². The quantitative estimate of drug-likeness (QED) is 0.695. The minimum absolute atomic E-state index is 0.157. The molecule has 124 valence electrons. The molecule has 24 heavy (non-hydrogen) atoms. The van der Waals surface area contributed by atoms with Gasteiger partial charge in [0.25, 0.3) is 0 Å². The summed E-state index contributed by atoms with van der Waals surface area (Å²) in [5.74, 6) is 0. The van der Waals surface area contributed by atoms with Crippen molar-refractivity contribution >= 4 is 20.7 Å². The number of sulfone groups is 1. The van der Waals surface area contributed by atoms with E-state index < -0.39 is 15.1 Å². The first kappa shape index (κ1) is 16.7. The Morgan fingerprint density at radius 3 is 2.42 bits per heavy atom.